The highest BCUT2D eigenvalue weighted by Crippen LogP contribution is 2.14. The Morgan fingerprint density at radius 3 is 2.43 bits per heavy atom. The molecule has 0 aliphatic rings. The summed E-state index contributed by atoms with van der Waals surface area (Å²) in [6.45, 7) is 5.01. The van der Waals surface area contributed by atoms with Crippen molar-refractivity contribution < 1.29 is 14.7 Å². The van der Waals surface area contributed by atoms with Gasteiger partial charge in [0.25, 0.3) is 0 Å². The van der Waals surface area contributed by atoms with Crippen LogP contribution in [0.5, 0.6) is 0 Å². The fraction of sp³-hybridized carbons (Fsp3) is 0.444. The molecule has 0 unspecified atom stereocenters. The average molecular weight is 196 g/mol. The van der Waals surface area contributed by atoms with E-state index in [0.717, 1.165) is 0 Å². The topological polar surface area (TPSA) is 72.2 Å². The van der Waals surface area contributed by atoms with E-state index in [9.17, 15) is 9.59 Å². The van der Waals surface area contributed by atoms with Crippen molar-refractivity contribution in [3.8, 4) is 0 Å². The van der Waals surface area contributed by atoms with Crippen LogP contribution in [0.4, 0.5) is 0 Å². The van der Waals surface area contributed by atoms with Crippen LogP contribution < -0.4 is 0 Å². The molecular weight excluding hydrogens is 184 g/mol. The zero-order valence-corrected chi connectivity index (χ0v) is 8.31. The Hall–Kier alpha value is -1.65. The Morgan fingerprint density at radius 2 is 2.07 bits per heavy atom. The van der Waals surface area contributed by atoms with E-state index in [0.29, 0.717) is 0 Å². The molecule has 0 aliphatic carbocycles. The lowest BCUT2D eigenvalue weighted by atomic mass is 10.2. The van der Waals surface area contributed by atoms with Gasteiger partial charge in [-0.05, 0) is 13.8 Å². The highest BCUT2D eigenvalue weighted by atomic mass is 16.4. The van der Waals surface area contributed by atoms with Crippen molar-refractivity contribution in [2.24, 2.45) is 0 Å². The Morgan fingerprint density at radius 1 is 1.50 bits per heavy atom. The van der Waals surface area contributed by atoms with Gasteiger partial charge in [0, 0.05) is 13.0 Å². The number of hydrogen-bond donors (Lipinski definition) is 1. The number of hydrogen-bond acceptors (Lipinski definition) is 3. The third-order valence-electron chi connectivity index (χ3n) is 1.85. The van der Waals surface area contributed by atoms with Crippen molar-refractivity contribution in [2.75, 3.05) is 0 Å². The van der Waals surface area contributed by atoms with Crippen LogP contribution in [-0.4, -0.2) is 26.6 Å². The Kier molecular flexibility index (Phi) is 2.69. The number of nitrogens with zero attached hydrogens (tertiary/aromatic N) is 2. The molecule has 0 aliphatic heterocycles. The molecule has 5 nitrogen and oxygen atoms in total. The number of aromatic carboxylic acids is 1. The second-order valence-electron chi connectivity index (χ2n) is 3.31. The maximum atomic E-state index is 11.2. The van der Waals surface area contributed by atoms with Gasteiger partial charge in [-0.15, -0.1) is 0 Å². The molecule has 0 bridgehead atoms. The van der Waals surface area contributed by atoms with E-state index >= 15 is 0 Å². The molecule has 5 heteroatoms. The van der Waals surface area contributed by atoms with Crippen LogP contribution in [-0.2, 0) is 0 Å². The molecule has 1 rings (SSSR count). The molecule has 0 amide bonds. The molecule has 1 aromatic heterocycles. The Balaban J connectivity index is 3.35. The predicted octanol–water partition coefficient (Wildman–Crippen LogP) is 1.36. The predicted molar refractivity (Wildman–Crippen MR) is 49.6 cm³/mol. The Labute approximate surface area is 81.3 Å². The first-order chi connectivity index (χ1) is 6.45. The molecule has 76 valence electrons. The summed E-state index contributed by atoms with van der Waals surface area (Å²) in [5.74, 6) is -1.41. The number of aromatic nitrogens is 2. The lowest BCUT2D eigenvalue weighted by molar-refractivity contribution is 0.0691. The quantitative estimate of drug-likeness (QED) is 0.741. The van der Waals surface area contributed by atoms with Crippen LogP contribution in [0, 0.1) is 0 Å². The fourth-order valence-electron chi connectivity index (χ4n) is 1.26. The number of carboxylic acids is 1. The van der Waals surface area contributed by atoms with Gasteiger partial charge in [0.1, 0.15) is 11.3 Å². The normalized spacial score (nSPS) is 10.6. The van der Waals surface area contributed by atoms with Gasteiger partial charge in [-0.2, -0.15) is 5.10 Å². The average Bonchev–Trinajstić information content (AvgIpc) is 2.46. The van der Waals surface area contributed by atoms with Crippen LogP contribution in [0.1, 0.15) is 47.7 Å². The first-order valence-corrected chi connectivity index (χ1v) is 4.27. The summed E-state index contributed by atoms with van der Waals surface area (Å²) in [5, 5.41) is 12.7. The number of ketones is 1. The summed E-state index contributed by atoms with van der Waals surface area (Å²) in [6.07, 6.45) is 1.21. The monoisotopic (exact) mass is 196 g/mol. The van der Waals surface area contributed by atoms with Crippen molar-refractivity contribution >= 4 is 11.8 Å². The zero-order valence-electron chi connectivity index (χ0n) is 8.31. The van der Waals surface area contributed by atoms with E-state index < -0.39 is 5.97 Å². The molecule has 14 heavy (non-hydrogen) atoms. The van der Waals surface area contributed by atoms with Crippen molar-refractivity contribution in [1.29, 1.82) is 0 Å². The zero-order chi connectivity index (χ0) is 10.9. The van der Waals surface area contributed by atoms with Crippen molar-refractivity contribution in [3.63, 3.8) is 0 Å². The first kappa shape index (κ1) is 10.4. The van der Waals surface area contributed by atoms with Crippen LogP contribution in [0.2, 0.25) is 0 Å². The molecule has 0 aromatic carbocycles. The summed E-state index contributed by atoms with van der Waals surface area (Å²) in [6, 6.07) is -0.0259. The van der Waals surface area contributed by atoms with Gasteiger partial charge in [-0.3, -0.25) is 9.48 Å². The second kappa shape index (κ2) is 3.61. The molecule has 1 aromatic rings. The van der Waals surface area contributed by atoms with Crippen LogP contribution in [0.25, 0.3) is 0 Å². The highest BCUT2D eigenvalue weighted by molar-refractivity contribution is 6.03. The molecular formula is C9H12N2O3. The molecule has 0 saturated carbocycles. The van der Waals surface area contributed by atoms with E-state index in [1.165, 1.54) is 17.8 Å². The third kappa shape index (κ3) is 1.66. The lowest BCUT2D eigenvalue weighted by Gasteiger charge is -2.08. The maximum absolute atomic E-state index is 11.2. The maximum Gasteiger partial charge on any atom is 0.339 e. The minimum Gasteiger partial charge on any atom is -0.478 e. The number of carbonyl (C=O) groups is 2. The second-order valence-corrected chi connectivity index (χ2v) is 3.31. The number of Topliss-reactive ketones (excluding diaryl/α,β-unsaturated/α-hetero) is 1. The van der Waals surface area contributed by atoms with Gasteiger partial charge in [0.2, 0.25) is 0 Å². The van der Waals surface area contributed by atoms with Crippen LogP contribution in [0.15, 0.2) is 6.20 Å². The van der Waals surface area contributed by atoms with Gasteiger partial charge >= 0.3 is 5.97 Å². The van der Waals surface area contributed by atoms with E-state index in [1.807, 2.05) is 13.8 Å². The molecule has 1 N–H and O–H groups in total. The fourth-order valence-corrected chi connectivity index (χ4v) is 1.26. The minimum atomic E-state index is -1.12. The summed E-state index contributed by atoms with van der Waals surface area (Å²) in [7, 11) is 0. The van der Waals surface area contributed by atoms with Crippen LogP contribution in [0.3, 0.4) is 0 Å². The van der Waals surface area contributed by atoms with Crippen molar-refractivity contribution in [2.45, 2.75) is 26.8 Å². The first-order valence-electron chi connectivity index (χ1n) is 4.27. The largest absolute Gasteiger partial charge is 0.478 e. The number of rotatable bonds is 3. The smallest absolute Gasteiger partial charge is 0.339 e. The minimum absolute atomic E-state index is 0.0259. The highest BCUT2D eigenvalue weighted by Gasteiger charge is 2.21. The molecule has 1 heterocycles. The molecule has 0 saturated heterocycles. The van der Waals surface area contributed by atoms with E-state index in [4.69, 9.17) is 5.11 Å². The summed E-state index contributed by atoms with van der Waals surface area (Å²) >= 11 is 0. The van der Waals surface area contributed by atoms with Gasteiger partial charge in [0.05, 0.1) is 6.20 Å². The van der Waals surface area contributed by atoms with Crippen LogP contribution >= 0.6 is 0 Å². The molecule has 0 spiro atoms. The summed E-state index contributed by atoms with van der Waals surface area (Å²) in [5.41, 5.74) is 0.124. The Bertz CT molecular complexity index is 379. The third-order valence-corrected chi connectivity index (χ3v) is 1.85. The van der Waals surface area contributed by atoms with Gasteiger partial charge in [-0.25, -0.2) is 4.79 Å². The summed E-state index contributed by atoms with van der Waals surface area (Å²) < 4.78 is 1.42. The van der Waals surface area contributed by atoms with Crippen molar-refractivity contribution in [1.82, 2.24) is 9.78 Å². The summed E-state index contributed by atoms with van der Waals surface area (Å²) in [4.78, 5) is 22.0. The van der Waals surface area contributed by atoms with E-state index in [2.05, 4.69) is 5.10 Å². The number of carboxylic acid groups (broad SMARTS) is 1. The molecule has 0 radical (unpaired) electrons. The van der Waals surface area contributed by atoms with E-state index in [-0.39, 0.29) is 23.1 Å². The number of carbonyl (C=O) groups excluding carboxylic acids is 1. The van der Waals surface area contributed by atoms with E-state index in [1.54, 1.807) is 0 Å². The lowest BCUT2D eigenvalue weighted by Crippen LogP contribution is -2.13. The van der Waals surface area contributed by atoms with Gasteiger partial charge < -0.3 is 5.11 Å². The van der Waals surface area contributed by atoms with Crippen molar-refractivity contribution in [3.05, 3.63) is 17.5 Å². The van der Waals surface area contributed by atoms with Gasteiger partial charge in [0.15, 0.2) is 5.78 Å². The molecule has 0 atom stereocenters. The SMILES string of the molecule is CC(=O)c1c(C(=O)O)cnn1C(C)C. The molecule has 0 fully saturated rings. The standard InChI is InChI=1S/C9H12N2O3/c1-5(2)11-8(6(3)12)7(4-10-11)9(13)14/h4-5H,1-3H3,(H,13,14). The van der Waals surface area contributed by atoms with Gasteiger partial charge in [-0.1, -0.05) is 0 Å².